The molecule has 0 rings (SSSR count). The van der Waals surface area contributed by atoms with Gasteiger partial charge in [-0.25, -0.2) is 0 Å². The Kier molecular flexibility index (Phi) is 22.6. The third-order valence-corrected chi connectivity index (χ3v) is 0.348. The third-order valence-electron chi connectivity index (χ3n) is 0.348. The van der Waals surface area contributed by atoms with E-state index in [9.17, 15) is 4.79 Å². The van der Waals surface area contributed by atoms with E-state index >= 15 is 0 Å². The maximum absolute atomic E-state index is 9.82. The van der Waals surface area contributed by atoms with Gasteiger partial charge in [0, 0.05) is 20.8 Å². The van der Waals surface area contributed by atoms with Gasteiger partial charge in [-0.1, -0.05) is 0 Å². The Balaban J connectivity index is -0.000000125. The number of aliphatic carboxylic acids is 1. The largest absolute Gasteiger partial charge is 0.481 e. The maximum Gasteiger partial charge on any atom is 0.302 e. The van der Waals surface area contributed by atoms with Gasteiger partial charge in [-0.15, -0.1) is 0 Å². The van der Waals surface area contributed by atoms with Crippen LogP contribution in [0.2, 0.25) is 0 Å². The number of nitrogens with zero attached hydrogens (tertiary/aromatic N) is 1. The summed E-state index contributed by atoms with van der Waals surface area (Å²) in [5, 5.41) is 14.7. The van der Waals surface area contributed by atoms with Crippen LogP contribution < -0.4 is 0 Å². The molecule has 0 aliphatic heterocycles. The number of carbonyl (C=O) groups excluding carboxylic acids is 1. The van der Waals surface area contributed by atoms with Crippen molar-refractivity contribution in [2.75, 3.05) is 6.61 Å². The van der Waals surface area contributed by atoms with Crippen molar-refractivity contribution in [3.05, 3.63) is 0 Å². The fourth-order valence-electron chi connectivity index (χ4n) is 0.203. The smallest absolute Gasteiger partial charge is 0.302 e. The minimum absolute atomic E-state index is 0.211. The van der Waals surface area contributed by atoms with Crippen molar-refractivity contribution in [2.45, 2.75) is 27.7 Å². The molecule has 0 heterocycles. The van der Waals surface area contributed by atoms with Crippen molar-refractivity contribution in [1.29, 1.82) is 5.26 Å². The summed E-state index contributed by atoms with van der Waals surface area (Å²) in [5.41, 5.74) is 0. The van der Waals surface area contributed by atoms with Crippen LogP contribution in [0.5, 0.6) is 0 Å². The number of rotatable bonds is 1. The molecule has 13 heavy (non-hydrogen) atoms. The average Bonchev–Trinajstić information content (AvgIpc) is 1.86. The highest BCUT2D eigenvalue weighted by Gasteiger charge is 1.81. The second-order valence-corrected chi connectivity index (χ2v) is 1.67. The van der Waals surface area contributed by atoms with Crippen LogP contribution >= 0.6 is 0 Å². The summed E-state index contributed by atoms with van der Waals surface area (Å²) < 4.78 is 4.40. The van der Waals surface area contributed by atoms with E-state index in [1.165, 1.54) is 13.8 Å². The molecule has 0 aliphatic carbocycles. The first-order chi connectivity index (χ1) is 5.92. The van der Waals surface area contributed by atoms with Crippen LogP contribution in [0.25, 0.3) is 0 Å². The monoisotopic (exact) mass is 189 g/mol. The molecule has 0 radical (unpaired) electrons. The molecule has 0 atom stereocenters. The van der Waals surface area contributed by atoms with Gasteiger partial charge in [0.05, 0.1) is 12.7 Å². The molecule has 0 saturated heterocycles. The lowest BCUT2D eigenvalue weighted by molar-refractivity contribution is -0.140. The highest BCUT2D eigenvalue weighted by molar-refractivity contribution is 5.65. The predicted molar refractivity (Wildman–Crippen MR) is 46.9 cm³/mol. The van der Waals surface area contributed by atoms with Gasteiger partial charge in [-0.2, -0.15) is 5.26 Å². The van der Waals surface area contributed by atoms with Gasteiger partial charge in [0.2, 0.25) is 0 Å². The molecule has 0 aromatic heterocycles. The van der Waals surface area contributed by atoms with Gasteiger partial charge in [0.25, 0.3) is 5.97 Å². The van der Waals surface area contributed by atoms with Gasteiger partial charge in [0.1, 0.15) is 0 Å². The highest BCUT2D eigenvalue weighted by atomic mass is 16.5. The van der Waals surface area contributed by atoms with E-state index in [-0.39, 0.29) is 5.97 Å². The summed E-state index contributed by atoms with van der Waals surface area (Å²) in [6.45, 7) is 6.17. The summed E-state index contributed by atoms with van der Waals surface area (Å²) in [6.07, 6.45) is 0. The van der Waals surface area contributed by atoms with Crippen LogP contribution in [0.15, 0.2) is 0 Å². The SMILES string of the molecule is CC#N.CC(=O)O.CCOC(C)=O. The number of carboxylic acids is 1. The highest BCUT2D eigenvalue weighted by Crippen LogP contribution is 1.69. The van der Waals surface area contributed by atoms with Crippen molar-refractivity contribution < 1.29 is 19.4 Å². The summed E-state index contributed by atoms with van der Waals surface area (Å²) in [4.78, 5) is 18.8. The van der Waals surface area contributed by atoms with Crippen LogP contribution in [-0.4, -0.2) is 23.7 Å². The number of carboxylic acid groups (broad SMARTS) is 1. The van der Waals surface area contributed by atoms with Gasteiger partial charge >= 0.3 is 5.97 Å². The molecule has 76 valence electrons. The zero-order chi connectivity index (χ0) is 11.3. The quantitative estimate of drug-likeness (QED) is 0.626. The van der Waals surface area contributed by atoms with E-state index < -0.39 is 5.97 Å². The van der Waals surface area contributed by atoms with Crippen LogP contribution in [0.1, 0.15) is 27.7 Å². The van der Waals surface area contributed by atoms with Gasteiger partial charge in [0.15, 0.2) is 0 Å². The van der Waals surface area contributed by atoms with Crippen molar-refractivity contribution >= 4 is 11.9 Å². The van der Waals surface area contributed by atoms with Crippen LogP contribution in [0, 0.1) is 11.3 Å². The van der Waals surface area contributed by atoms with Crippen molar-refractivity contribution in [2.24, 2.45) is 0 Å². The Labute approximate surface area is 77.9 Å². The molecule has 0 aromatic rings. The Morgan fingerprint density at radius 1 is 1.46 bits per heavy atom. The number of ether oxygens (including phenoxy) is 1. The molecule has 5 nitrogen and oxygen atoms in total. The van der Waals surface area contributed by atoms with E-state index in [2.05, 4.69) is 4.74 Å². The molecule has 0 amide bonds. The first-order valence-electron chi connectivity index (χ1n) is 3.56. The average molecular weight is 189 g/mol. The lowest BCUT2D eigenvalue weighted by Crippen LogP contribution is -1.95. The fourth-order valence-corrected chi connectivity index (χ4v) is 0.203. The maximum atomic E-state index is 9.82. The number of esters is 1. The van der Waals surface area contributed by atoms with Crippen LogP contribution in [0.4, 0.5) is 0 Å². The molecule has 0 fully saturated rings. The second kappa shape index (κ2) is 16.8. The van der Waals surface area contributed by atoms with E-state index in [4.69, 9.17) is 15.2 Å². The van der Waals surface area contributed by atoms with Crippen molar-refractivity contribution in [3.8, 4) is 6.07 Å². The van der Waals surface area contributed by atoms with Crippen LogP contribution in [0.3, 0.4) is 0 Å². The molecule has 0 bridgehead atoms. The molecule has 0 aliphatic rings. The Bertz CT molecular complexity index is 167. The number of hydrogen-bond acceptors (Lipinski definition) is 4. The third kappa shape index (κ3) is 362. The Hall–Kier alpha value is -1.57. The molecule has 1 N–H and O–H groups in total. The molecule has 0 spiro atoms. The first kappa shape index (κ1) is 17.5. The lowest BCUT2D eigenvalue weighted by Gasteiger charge is -1.89. The Morgan fingerprint density at radius 3 is 1.69 bits per heavy atom. The topological polar surface area (TPSA) is 87.4 Å². The molecule has 0 aromatic carbocycles. The Morgan fingerprint density at radius 2 is 1.69 bits per heavy atom. The normalized spacial score (nSPS) is 6.08. The number of hydrogen-bond donors (Lipinski definition) is 1. The molecule has 0 unspecified atom stereocenters. The van der Waals surface area contributed by atoms with E-state index in [0.29, 0.717) is 6.61 Å². The lowest BCUT2D eigenvalue weighted by atomic mass is 10.8. The van der Waals surface area contributed by atoms with Gasteiger partial charge in [-0.05, 0) is 6.92 Å². The number of carbonyl (C=O) groups is 2. The molecule has 5 heteroatoms. The summed E-state index contributed by atoms with van der Waals surface area (Å²) in [5.74, 6) is -1.04. The van der Waals surface area contributed by atoms with Crippen molar-refractivity contribution in [3.63, 3.8) is 0 Å². The molecular formula is C8H15NO4. The number of nitriles is 1. The second-order valence-electron chi connectivity index (χ2n) is 1.67. The van der Waals surface area contributed by atoms with E-state index in [0.717, 1.165) is 6.92 Å². The standard InChI is InChI=1S/C4H8O2.C2H3N.C2H4O2/c1-3-6-4(2)5;1-2-3;1-2(3)4/h3H2,1-2H3;1H3;1H3,(H,3,4). The summed E-state index contributed by atoms with van der Waals surface area (Å²) in [6, 6.07) is 1.75. The van der Waals surface area contributed by atoms with Gasteiger partial charge < -0.3 is 9.84 Å². The van der Waals surface area contributed by atoms with E-state index in [1.807, 2.05) is 0 Å². The zero-order valence-corrected chi connectivity index (χ0v) is 8.33. The van der Waals surface area contributed by atoms with Gasteiger partial charge in [-0.3, -0.25) is 9.59 Å². The van der Waals surface area contributed by atoms with Crippen LogP contribution in [-0.2, 0) is 14.3 Å². The minimum atomic E-state index is -0.833. The molecular weight excluding hydrogens is 174 g/mol. The zero-order valence-electron chi connectivity index (χ0n) is 8.33. The fraction of sp³-hybridized carbons (Fsp3) is 0.625. The van der Waals surface area contributed by atoms with Crippen molar-refractivity contribution in [1.82, 2.24) is 0 Å². The summed E-state index contributed by atoms with van der Waals surface area (Å²) in [7, 11) is 0. The van der Waals surface area contributed by atoms with E-state index in [1.54, 1.807) is 13.0 Å². The first-order valence-corrected chi connectivity index (χ1v) is 3.56. The predicted octanol–water partition coefficient (Wildman–Crippen LogP) is 1.19. The summed E-state index contributed by atoms with van der Waals surface area (Å²) >= 11 is 0. The molecule has 0 saturated carbocycles. The minimum Gasteiger partial charge on any atom is -0.481 e.